The fraction of sp³-hybridized carbons (Fsp3) is 0.167. The summed E-state index contributed by atoms with van der Waals surface area (Å²) in [5, 5.41) is 13.9. The van der Waals surface area contributed by atoms with Crippen molar-refractivity contribution in [1.29, 1.82) is 0 Å². The Morgan fingerprint density at radius 3 is 2.31 bits per heavy atom. The molecule has 0 aliphatic rings. The first-order chi connectivity index (χ1) is 16.7. The third-order valence-corrected chi connectivity index (χ3v) is 6.76. The van der Waals surface area contributed by atoms with Gasteiger partial charge in [0.15, 0.2) is 11.5 Å². The third-order valence-electron chi connectivity index (χ3n) is 4.99. The van der Waals surface area contributed by atoms with Crippen LogP contribution in [0.15, 0.2) is 76.7 Å². The summed E-state index contributed by atoms with van der Waals surface area (Å²) in [7, 11) is -1.51. The molecule has 0 saturated heterocycles. The SMILES string of the molecule is COc1ccc(S(=O)(=O)N(CC(=O)N/N=C(/C)c2ccccc2O)c2ccc(F)cc2)cc1OC. The van der Waals surface area contributed by atoms with Gasteiger partial charge in [-0.1, -0.05) is 12.1 Å². The molecule has 0 spiro atoms. The predicted molar refractivity (Wildman–Crippen MR) is 129 cm³/mol. The number of hydrogen-bond donors (Lipinski definition) is 2. The minimum absolute atomic E-state index is 0.0213. The molecule has 2 N–H and O–H groups in total. The van der Waals surface area contributed by atoms with E-state index in [-0.39, 0.29) is 22.1 Å². The Morgan fingerprint density at radius 2 is 1.69 bits per heavy atom. The Morgan fingerprint density at radius 1 is 1.03 bits per heavy atom. The average Bonchev–Trinajstić information content (AvgIpc) is 2.86. The van der Waals surface area contributed by atoms with Crippen molar-refractivity contribution in [3.8, 4) is 17.2 Å². The number of para-hydroxylation sites is 1. The first-order valence-electron chi connectivity index (χ1n) is 10.3. The van der Waals surface area contributed by atoms with E-state index in [1.165, 1.54) is 50.6 Å². The molecule has 0 heterocycles. The number of carbonyl (C=O) groups is 1. The molecule has 11 heteroatoms. The average molecular weight is 502 g/mol. The van der Waals surface area contributed by atoms with Crippen LogP contribution in [0.2, 0.25) is 0 Å². The molecule has 0 fully saturated rings. The molecule has 0 saturated carbocycles. The number of amides is 1. The van der Waals surface area contributed by atoms with E-state index in [1.54, 1.807) is 25.1 Å². The molecule has 0 aliphatic heterocycles. The molecule has 1 amide bonds. The van der Waals surface area contributed by atoms with Crippen molar-refractivity contribution in [3.05, 3.63) is 78.1 Å². The number of nitrogens with zero attached hydrogens (tertiary/aromatic N) is 2. The van der Waals surface area contributed by atoms with E-state index in [4.69, 9.17) is 9.47 Å². The van der Waals surface area contributed by atoms with Gasteiger partial charge < -0.3 is 14.6 Å². The number of hydrazone groups is 1. The van der Waals surface area contributed by atoms with Gasteiger partial charge in [-0.05, 0) is 55.5 Å². The number of halogens is 1. The molecule has 3 rings (SSSR count). The smallest absolute Gasteiger partial charge is 0.264 e. The van der Waals surface area contributed by atoms with Gasteiger partial charge in [-0.15, -0.1) is 0 Å². The second kappa shape index (κ2) is 10.9. The number of ether oxygens (including phenoxy) is 2. The Hall–Kier alpha value is -4.12. The zero-order valence-corrected chi connectivity index (χ0v) is 20.0. The van der Waals surface area contributed by atoms with Gasteiger partial charge in [0.2, 0.25) is 0 Å². The molecule has 9 nitrogen and oxygen atoms in total. The van der Waals surface area contributed by atoms with Crippen LogP contribution in [0.25, 0.3) is 0 Å². The van der Waals surface area contributed by atoms with Gasteiger partial charge in [0.05, 0.1) is 30.5 Å². The van der Waals surface area contributed by atoms with Crippen molar-refractivity contribution in [2.24, 2.45) is 5.10 Å². The van der Waals surface area contributed by atoms with E-state index in [9.17, 15) is 22.7 Å². The molecule has 184 valence electrons. The number of sulfonamides is 1. The van der Waals surface area contributed by atoms with E-state index >= 15 is 0 Å². The Bertz CT molecular complexity index is 1340. The number of phenols is 1. The molecule has 0 bridgehead atoms. The van der Waals surface area contributed by atoms with Crippen LogP contribution in [0, 0.1) is 5.82 Å². The predicted octanol–water partition coefficient (Wildman–Crippen LogP) is 3.28. The van der Waals surface area contributed by atoms with Gasteiger partial charge in [0.25, 0.3) is 15.9 Å². The number of hydrogen-bond acceptors (Lipinski definition) is 7. The summed E-state index contributed by atoms with van der Waals surface area (Å²) in [6, 6.07) is 15.1. The van der Waals surface area contributed by atoms with Crippen LogP contribution in [0.3, 0.4) is 0 Å². The minimum atomic E-state index is -4.29. The summed E-state index contributed by atoms with van der Waals surface area (Å²) in [6.07, 6.45) is 0. The second-order valence-corrected chi connectivity index (χ2v) is 9.12. The number of nitrogens with one attached hydrogen (secondary N) is 1. The molecule has 3 aromatic rings. The van der Waals surface area contributed by atoms with Crippen LogP contribution in [-0.2, 0) is 14.8 Å². The Kier molecular flexibility index (Phi) is 7.92. The number of aromatic hydroxyl groups is 1. The first kappa shape index (κ1) is 25.5. The van der Waals surface area contributed by atoms with Gasteiger partial charge >= 0.3 is 0 Å². The summed E-state index contributed by atoms with van der Waals surface area (Å²) in [5.74, 6) is -0.837. The molecule has 35 heavy (non-hydrogen) atoms. The molecular formula is C24H24FN3O6S. The maximum Gasteiger partial charge on any atom is 0.264 e. The first-order valence-corrected chi connectivity index (χ1v) is 11.7. The largest absolute Gasteiger partial charge is 0.507 e. The maximum atomic E-state index is 13.5. The lowest BCUT2D eigenvalue weighted by Crippen LogP contribution is -2.39. The lowest BCUT2D eigenvalue weighted by molar-refractivity contribution is -0.119. The molecule has 0 aliphatic carbocycles. The Balaban J connectivity index is 1.93. The number of methoxy groups -OCH3 is 2. The lowest BCUT2D eigenvalue weighted by Gasteiger charge is -2.24. The second-order valence-electron chi connectivity index (χ2n) is 7.25. The normalized spacial score (nSPS) is 11.6. The zero-order chi connectivity index (χ0) is 25.6. The Labute approximate surface area is 202 Å². The summed E-state index contributed by atoms with van der Waals surface area (Å²) in [6.45, 7) is 0.924. The van der Waals surface area contributed by atoms with Crippen molar-refractivity contribution in [3.63, 3.8) is 0 Å². The fourth-order valence-corrected chi connectivity index (χ4v) is 4.62. The van der Waals surface area contributed by atoms with Gasteiger partial charge in [0, 0.05) is 11.6 Å². The van der Waals surface area contributed by atoms with E-state index < -0.39 is 28.3 Å². The highest BCUT2D eigenvalue weighted by molar-refractivity contribution is 7.92. The summed E-state index contributed by atoms with van der Waals surface area (Å²) < 4.78 is 51.7. The topological polar surface area (TPSA) is 118 Å². The highest BCUT2D eigenvalue weighted by Gasteiger charge is 2.28. The van der Waals surface area contributed by atoms with Gasteiger partial charge in [-0.25, -0.2) is 18.2 Å². The van der Waals surface area contributed by atoms with Crippen LogP contribution in [-0.4, -0.2) is 45.9 Å². The van der Waals surface area contributed by atoms with Crippen molar-refractivity contribution in [2.45, 2.75) is 11.8 Å². The fourth-order valence-electron chi connectivity index (χ4n) is 3.18. The van der Waals surface area contributed by atoms with Crippen LogP contribution in [0.1, 0.15) is 12.5 Å². The zero-order valence-electron chi connectivity index (χ0n) is 19.2. The van der Waals surface area contributed by atoms with Crippen LogP contribution in [0.5, 0.6) is 17.2 Å². The molecular weight excluding hydrogens is 477 g/mol. The van der Waals surface area contributed by atoms with Crippen LogP contribution >= 0.6 is 0 Å². The van der Waals surface area contributed by atoms with Crippen molar-refractivity contribution < 1.29 is 32.2 Å². The number of rotatable bonds is 9. The highest BCUT2D eigenvalue weighted by Crippen LogP contribution is 2.32. The van der Waals surface area contributed by atoms with Crippen LogP contribution < -0.4 is 19.2 Å². The van der Waals surface area contributed by atoms with Gasteiger partial charge in [-0.3, -0.25) is 9.10 Å². The summed E-state index contributed by atoms with van der Waals surface area (Å²) in [4.78, 5) is 12.5. The number of carbonyl (C=O) groups excluding carboxylic acids is 1. The van der Waals surface area contributed by atoms with E-state index in [1.807, 2.05) is 0 Å². The standard InChI is InChI=1S/C24H24FN3O6S/c1-16(20-6-4-5-7-21(20)29)26-27-24(30)15-28(18-10-8-17(25)9-11-18)35(31,32)19-12-13-22(33-2)23(14-19)34-3/h4-14,29H,15H2,1-3H3,(H,27,30)/b26-16-. The van der Waals surface area contributed by atoms with Crippen molar-refractivity contribution in [2.75, 3.05) is 25.1 Å². The highest BCUT2D eigenvalue weighted by atomic mass is 32.2. The van der Waals surface area contributed by atoms with E-state index in [0.29, 0.717) is 17.0 Å². The molecule has 0 aromatic heterocycles. The molecule has 0 radical (unpaired) electrons. The molecule has 0 unspecified atom stereocenters. The monoisotopic (exact) mass is 501 g/mol. The number of phenolic OH excluding ortho intramolecular Hbond substituents is 1. The third kappa shape index (κ3) is 5.87. The van der Waals surface area contributed by atoms with Crippen molar-refractivity contribution >= 4 is 27.3 Å². The van der Waals surface area contributed by atoms with Gasteiger partial charge in [-0.2, -0.15) is 5.10 Å². The quantitative estimate of drug-likeness (QED) is 0.343. The summed E-state index contributed by atoms with van der Waals surface area (Å²) >= 11 is 0. The lowest BCUT2D eigenvalue weighted by atomic mass is 10.1. The summed E-state index contributed by atoms with van der Waals surface area (Å²) in [5.41, 5.74) is 3.08. The minimum Gasteiger partial charge on any atom is -0.507 e. The number of anilines is 1. The van der Waals surface area contributed by atoms with E-state index in [2.05, 4.69) is 10.5 Å². The number of benzene rings is 3. The van der Waals surface area contributed by atoms with Crippen molar-refractivity contribution in [1.82, 2.24) is 5.43 Å². The molecule has 3 aromatic carbocycles. The maximum absolute atomic E-state index is 13.5. The van der Waals surface area contributed by atoms with E-state index in [0.717, 1.165) is 16.4 Å². The van der Waals surface area contributed by atoms with Gasteiger partial charge in [0.1, 0.15) is 18.1 Å². The molecule has 0 atom stereocenters. The van der Waals surface area contributed by atoms with Crippen LogP contribution in [0.4, 0.5) is 10.1 Å².